The summed E-state index contributed by atoms with van der Waals surface area (Å²) in [5.74, 6) is 0. The van der Waals surface area contributed by atoms with Gasteiger partial charge < -0.3 is 9.88 Å². The highest BCUT2D eigenvalue weighted by molar-refractivity contribution is 5.10. The van der Waals surface area contributed by atoms with E-state index < -0.39 is 0 Å². The van der Waals surface area contributed by atoms with Gasteiger partial charge in [0.25, 0.3) is 0 Å². The number of rotatable bonds is 6. The Morgan fingerprint density at radius 2 is 2.22 bits per heavy atom. The van der Waals surface area contributed by atoms with E-state index in [1.54, 1.807) is 0 Å². The molecule has 1 saturated heterocycles. The molecule has 2 fully saturated rings. The summed E-state index contributed by atoms with van der Waals surface area (Å²) in [5.41, 5.74) is 1.42. The third kappa shape index (κ3) is 2.96. The molecule has 3 heteroatoms. The number of nitrogens with one attached hydrogen (secondary N) is 1. The molecule has 2 heterocycles. The summed E-state index contributed by atoms with van der Waals surface area (Å²) in [6.45, 7) is 6.96. The summed E-state index contributed by atoms with van der Waals surface area (Å²) >= 11 is 0. The van der Waals surface area contributed by atoms with Crippen molar-refractivity contribution in [2.24, 2.45) is 0 Å². The van der Waals surface area contributed by atoms with Gasteiger partial charge in [-0.05, 0) is 37.3 Å². The smallest absolute Gasteiger partial charge is 0.0223 e. The van der Waals surface area contributed by atoms with Crippen LogP contribution in [-0.4, -0.2) is 34.6 Å². The average Bonchev–Trinajstić information content (AvgIpc) is 2.95. The largest absolute Gasteiger partial charge is 0.354 e. The van der Waals surface area contributed by atoms with Crippen molar-refractivity contribution in [3.8, 4) is 0 Å². The molecule has 2 aliphatic rings. The van der Waals surface area contributed by atoms with Gasteiger partial charge in [0, 0.05) is 50.7 Å². The van der Waals surface area contributed by atoms with Gasteiger partial charge in [0.15, 0.2) is 0 Å². The van der Waals surface area contributed by atoms with Gasteiger partial charge in [-0.25, -0.2) is 0 Å². The molecule has 0 bridgehead atoms. The van der Waals surface area contributed by atoms with E-state index in [0.29, 0.717) is 6.04 Å². The Kier molecular flexibility index (Phi) is 3.71. The lowest BCUT2D eigenvalue weighted by atomic mass is 10.2. The quantitative estimate of drug-likeness (QED) is 0.832. The van der Waals surface area contributed by atoms with Crippen molar-refractivity contribution in [2.75, 3.05) is 13.1 Å². The van der Waals surface area contributed by atoms with Crippen molar-refractivity contribution in [3.63, 3.8) is 0 Å². The predicted molar refractivity (Wildman–Crippen MR) is 74.6 cm³/mol. The maximum atomic E-state index is 3.71. The Hall–Kier alpha value is -0.800. The number of hydrogen-bond donors (Lipinski definition) is 1. The number of nitrogens with zero attached hydrogens (tertiary/aromatic N) is 2. The van der Waals surface area contributed by atoms with Crippen LogP contribution in [0.3, 0.4) is 0 Å². The first-order valence-electron chi connectivity index (χ1n) is 7.47. The van der Waals surface area contributed by atoms with E-state index in [4.69, 9.17) is 0 Å². The number of hydrogen-bond acceptors (Lipinski definition) is 2. The molecule has 100 valence electrons. The molecule has 18 heavy (non-hydrogen) atoms. The van der Waals surface area contributed by atoms with Gasteiger partial charge in [-0.3, -0.25) is 4.90 Å². The summed E-state index contributed by atoms with van der Waals surface area (Å²) in [5, 5.41) is 3.71. The molecule has 0 spiro atoms. The number of likely N-dealkylation sites (tertiary alicyclic amines) is 1. The predicted octanol–water partition coefficient (Wildman–Crippen LogP) is 2.22. The molecule has 3 rings (SSSR count). The Morgan fingerprint density at radius 1 is 1.33 bits per heavy atom. The maximum Gasteiger partial charge on any atom is 0.0223 e. The SMILES string of the molecule is CCCn1ccc(CNC2CCN(C3CC3)C2)c1. The molecule has 1 saturated carbocycles. The fourth-order valence-corrected chi connectivity index (χ4v) is 2.98. The normalized spacial score (nSPS) is 24.8. The second kappa shape index (κ2) is 5.45. The van der Waals surface area contributed by atoms with Crippen molar-refractivity contribution in [1.82, 2.24) is 14.8 Å². The van der Waals surface area contributed by atoms with E-state index in [0.717, 1.165) is 19.1 Å². The molecule has 1 unspecified atom stereocenters. The van der Waals surface area contributed by atoms with Crippen LogP contribution >= 0.6 is 0 Å². The van der Waals surface area contributed by atoms with Crippen LogP contribution in [-0.2, 0) is 13.1 Å². The zero-order valence-corrected chi connectivity index (χ0v) is 11.4. The summed E-state index contributed by atoms with van der Waals surface area (Å²) in [4.78, 5) is 2.67. The lowest BCUT2D eigenvalue weighted by Crippen LogP contribution is -2.32. The van der Waals surface area contributed by atoms with Crippen LogP contribution in [0.25, 0.3) is 0 Å². The first kappa shape index (κ1) is 12.2. The van der Waals surface area contributed by atoms with E-state index in [-0.39, 0.29) is 0 Å². The molecule has 0 aromatic carbocycles. The van der Waals surface area contributed by atoms with Gasteiger partial charge in [0.05, 0.1) is 0 Å². The standard InChI is InChI=1S/C15H25N3/c1-2-7-17-8-5-13(11-17)10-16-14-6-9-18(12-14)15-3-4-15/h5,8,11,14-16H,2-4,6-7,9-10,12H2,1H3. The van der Waals surface area contributed by atoms with E-state index in [1.807, 2.05) is 0 Å². The molecule has 1 aliphatic carbocycles. The average molecular weight is 247 g/mol. The van der Waals surface area contributed by atoms with Crippen molar-refractivity contribution >= 4 is 0 Å². The van der Waals surface area contributed by atoms with Crippen molar-refractivity contribution in [3.05, 3.63) is 24.0 Å². The van der Waals surface area contributed by atoms with Crippen LogP contribution < -0.4 is 5.32 Å². The van der Waals surface area contributed by atoms with Crippen molar-refractivity contribution < 1.29 is 0 Å². The molecule has 1 aromatic heterocycles. The molecule has 1 aliphatic heterocycles. The van der Waals surface area contributed by atoms with E-state index >= 15 is 0 Å². The first-order chi connectivity index (χ1) is 8.85. The van der Waals surface area contributed by atoms with Crippen LogP contribution in [0.5, 0.6) is 0 Å². The van der Waals surface area contributed by atoms with E-state index in [2.05, 4.69) is 40.2 Å². The highest BCUT2D eigenvalue weighted by Gasteiger charge is 2.33. The van der Waals surface area contributed by atoms with Gasteiger partial charge in [-0.15, -0.1) is 0 Å². The summed E-state index contributed by atoms with van der Waals surface area (Å²) in [6.07, 6.45) is 9.89. The van der Waals surface area contributed by atoms with Crippen molar-refractivity contribution in [1.29, 1.82) is 0 Å². The Balaban J connectivity index is 1.43. The zero-order valence-electron chi connectivity index (χ0n) is 11.4. The minimum Gasteiger partial charge on any atom is -0.354 e. The fourth-order valence-electron chi connectivity index (χ4n) is 2.98. The topological polar surface area (TPSA) is 20.2 Å². The Morgan fingerprint density at radius 3 is 3.00 bits per heavy atom. The monoisotopic (exact) mass is 247 g/mol. The maximum absolute atomic E-state index is 3.71. The third-order valence-corrected chi connectivity index (χ3v) is 4.17. The molecule has 0 radical (unpaired) electrons. The number of aromatic nitrogens is 1. The van der Waals surface area contributed by atoms with Crippen LogP contribution in [0.2, 0.25) is 0 Å². The van der Waals surface area contributed by atoms with Gasteiger partial charge in [0.2, 0.25) is 0 Å². The first-order valence-corrected chi connectivity index (χ1v) is 7.47. The van der Waals surface area contributed by atoms with Crippen LogP contribution in [0, 0.1) is 0 Å². The van der Waals surface area contributed by atoms with Crippen LogP contribution in [0.15, 0.2) is 18.5 Å². The third-order valence-electron chi connectivity index (χ3n) is 4.17. The second-order valence-electron chi connectivity index (χ2n) is 5.85. The molecule has 1 atom stereocenters. The van der Waals surface area contributed by atoms with Gasteiger partial charge in [0.1, 0.15) is 0 Å². The lowest BCUT2D eigenvalue weighted by Gasteiger charge is -2.15. The van der Waals surface area contributed by atoms with Crippen molar-refractivity contribution in [2.45, 2.75) is 57.8 Å². The summed E-state index contributed by atoms with van der Waals surface area (Å²) < 4.78 is 2.29. The molecular formula is C15H25N3. The van der Waals surface area contributed by atoms with Crippen LogP contribution in [0.1, 0.15) is 38.2 Å². The number of aryl methyl sites for hydroxylation is 1. The van der Waals surface area contributed by atoms with E-state index in [1.165, 1.54) is 44.3 Å². The fraction of sp³-hybridized carbons (Fsp3) is 0.733. The molecule has 0 amide bonds. The molecular weight excluding hydrogens is 222 g/mol. The molecule has 1 N–H and O–H groups in total. The van der Waals surface area contributed by atoms with E-state index in [9.17, 15) is 0 Å². The highest BCUT2D eigenvalue weighted by Crippen LogP contribution is 2.29. The van der Waals surface area contributed by atoms with Crippen LogP contribution in [0.4, 0.5) is 0 Å². The Labute approximate surface area is 110 Å². The zero-order chi connectivity index (χ0) is 12.4. The minimum atomic E-state index is 0.708. The Bertz CT molecular complexity index is 381. The second-order valence-corrected chi connectivity index (χ2v) is 5.85. The van der Waals surface area contributed by atoms with Gasteiger partial charge >= 0.3 is 0 Å². The highest BCUT2D eigenvalue weighted by atomic mass is 15.2. The molecule has 3 nitrogen and oxygen atoms in total. The minimum absolute atomic E-state index is 0.708. The van der Waals surface area contributed by atoms with Gasteiger partial charge in [-0.2, -0.15) is 0 Å². The molecule has 1 aromatic rings. The lowest BCUT2D eigenvalue weighted by molar-refractivity contribution is 0.317. The summed E-state index contributed by atoms with van der Waals surface area (Å²) in [6, 6.07) is 3.89. The van der Waals surface area contributed by atoms with Gasteiger partial charge in [-0.1, -0.05) is 6.92 Å². The summed E-state index contributed by atoms with van der Waals surface area (Å²) in [7, 11) is 0.